The molecule has 0 amide bonds. The van der Waals surface area contributed by atoms with Gasteiger partial charge in [-0.2, -0.15) is 0 Å². The Morgan fingerprint density at radius 2 is 1.09 bits per heavy atom. The molecule has 0 unspecified atom stereocenters. The van der Waals surface area contributed by atoms with E-state index in [2.05, 4.69) is 0 Å². The molecule has 0 atom stereocenters. The Balaban J connectivity index is 0. The van der Waals surface area contributed by atoms with E-state index in [-0.39, 0.29) is 2.85 Å². The van der Waals surface area contributed by atoms with Crippen molar-refractivity contribution in [3.8, 4) is 0 Å². The van der Waals surface area contributed by atoms with Gasteiger partial charge in [0.2, 0.25) is 0 Å². The maximum atomic E-state index is 1.54. The van der Waals surface area contributed by atoms with E-state index >= 15 is 0 Å². The first-order valence-corrected chi connectivity index (χ1v) is 7.05. The van der Waals surface area contributed by atoms with Gasteiger partial charge in [0.05, 0.1) is 0 Å². The SMILES string of the molecule is [H-].[H-].[In+2][CH]1CCCCCCCCC1. The monoisotopic (exact) mass is 256 g/mol. The third-order valence-electron chi connectivity index (χ3n) is 2.65. The summed E-state index contributed by atoms with van der Waals surface area (Å²) in [6, 6.07) is 0. The Hall–Kier alpha value is 0.870. The standard InChI is InChI=1S/C10H19.In.2H/c1-2-4-6-8-10-9-7-5-3-1;;;/h1H,2-10H2;;;/q;+2;2*-1. The molecule has 64 valence electrons. The van der Waals surface area contributed by atoms with Gasteiger partial charge in [0, 0.05) is 0 Å². The Morgan fingerprint density at radius 3 is 1.55 bits per heavy atom. The summed E-state index contributed by atoms with van der Waals surface area (Å²) in [5.74, 6) is 0. The molecule has 0 bridgehead atoms. The van der Waals surface area contributed by atoms with Crippen LogP contribution in [-0.2, 0) is 0 Å². The Morgan fingerprint density at radius 1 is 0.727 bits per heavy atom. The summed E-state index contributed by atoms with van der Waals surface area (Å²) >= 11 is 1.51. The average Bonchev–Trinajstić information content (AvgIpc) is 2.03. The molecule has 1 aliphatic rings. The summed E-state index contributed by atoms with van der Waals surface area (Å²) in [5, 5.41) is 0. The summed E-state index contributed by atoms with van der Waals surface area (Å²) in [5.41, 5.74) is 0. The molecule has 1 rings (SSSR count). The van der Waals surface area contributed by atoms with Crippen molar-refractivity contribution in [2.45, 2.75) is 61.5 Å². The van der Waals surface area contributed by atoms with Gasteiger partial charge in [0.15, 0.2) is 0 Å². The van der Waals surface area contributed by atoms with Crippen molar-refractivity contribution < 1.29 is 2.85 Å². The fourth-order valence-corrected chi connectivity index (χ4v) is 3.19. The van der Waals surface area contributed by atoms with Crippen LogP contribution in [0.1, 0.15) is 60.6 Å². The number of hydrogen-bond acceptors (Lipinski definition) is 0. The van der Waals surface area contributed by atoms with Gasteiger partial charge in [-0.1, -0.05) is 0 Å². The van der Waals surface area contributed by atoms with Crippen molar-refractivity contribution in [3.63, 3.8) is 0 Å². The molecule has 0 radical (unpaired) electrons. The Kier molecular flexibility index (Phi) is 5.79. The first-order valence-electron chi connectivity index (χ1n) is 5.15. The zero-order valence-electron chi connectivity index (χ0n) is 9.52. The molecule has 0 aromatic carbocycles. The van der Waals surface area contributed by atoms with E-state index in [1.165, 1.54) is 69.3 Å². The molecule has 0 spiro atoms. The summed E-state index contributed by atoms with van der Waals surface area (Å²) in [7, 11) is 0. The quantitative estimate of drug-likeness (QED) is 0.620. The van der Waals surface area contributed by atoms with Crippen LogP contribution in [0.4, 0.5) is 0 Å². The van der Waals surface area contributed by atoms with Gasteiger partial charge in [-0.3, -0.25) is 0 Å². The van der Waals surface area contributed by atoms with Crippen LogP contribution in [0, 0.1) is 0 Å². The second-order valence-corrected chi connectivity index (χ2v) is 6.50. The molecule has 1 fully saturated rings. The Bertz CT molecular complexity index is 88.9. The predicted molar refractivity (Wildman–Crippen MR) is 53.3 cm³/mol. The summed E-state index contributed by atoms with van der Waals surface area (Å²) in [6.07, 6.45) is 13.7. The van der Waals surface area contributed by atoms with Crippen LogP contribution in [0.25, 0.3) is 0 Å². The van der Waals surface area contributed by atoms with E-state index in [0.717, 1.165) is 3.67 Å². The third kappa shape index (κ3) is 5.16. The van der Waals surface area contributed by atoms with Gasteiger partial charge < -0.3 is 2.85 Å². The maximum absolute atomic E-state index is 1.54. The van der Waals surface area contributed by atoms with Gasteiger partial charge in [-0.15, -0.1) is 0 Å². The summed E-state index contributed by atoms with van der Waals surface area (Å²) in [4.78, 5) is 0. The fourth-order valence-electron chi connectivity index (χ4n) is 1.84. The molecule has 0 aromatic rings. The average molecular weight is 256 g/mol. The predicted octanol–water partition coefficient (Wildman–Crippen LogP) is 3.69. The minimum atomic E-state index is 0. The molecule has 11 heavy (non-hydrogen) atoms. The molecule has 0 heterocycles. The molecule has 0 aliphatic heterocycles. The van der Waals surface area contributed by atoms with Crippen molar-refractivity contribution >= 4 is 24.4 Å². The Labute approximate surface area is 88.7 Å². The summed E-state index contributed by atoms with van der Waals surface area (Å²) in [6.45, 7) is 0. The molecule has 1 heteroatoms. The van der Waals surface area contributed by atoms with Crippen LogP contribution in [0.15, 0.2) is 0 Å². The second kappa shape index (κ2) is 6.39. The summed E-state index contributed by atoms with van der Waals surface area (Å²) < 4.78 is 1.14. The fraction of sp³-hybridized carbons (Fsp3) is 1.00. The van der Waals surface area contributed by atoms with Crippen LogP contribution < -0.4 is 0 Å². The van der Waals surface area contributed by atoms with Crippen molar-refractivity contribution in [2.75, 3.05) is 0 Å². The van der Waals surface area contributed by atoms with E-state index in [4.69, 9.17) is 0 Å². The topological polar surface area (TPSA) is 0 Å². The van der Waals surface area contributed by atoms with Crippen LogP contribution in [0.3, 0.4) is 0 Å². The zero-order chi connectivity index (χ0) is 7.94. The first kappa shape index (κ1) is 9.95. The van der Waals surface area contributed by atoms with E-state index in [1.807, 2.05) is 0 Å². The zero-order valence-corrected chi connectivity index (χ0v) is 10.8. The molecule has 1 aliphatic carbocycles. The van der Waals surface area contributed by atoms with Crippen molar-refractivity contribution in [1.82, 2.24) is 0 Å². The van der Waals surface area contributed by atoms with Gasteiger partial charge in [0.1, 0.15) is 0 Å². The van der Waals surface area contributed by atoms with Crippen molar-refractivity contribution in [1.29, 1.82) is 0 Å². The van der Waals surface area contributed by atoms with Gasteiger partial charge >= 0.3 is 85.8 Å². The molecular weight excluding hydrogens is 235 g/mol. The number of hydrogen-bond donors (Lipinski definition) is 0. The van der Waals surface area contributed by atoms with Crippen LogP contribution >= 0.6 is 0 Å². The van der Waals surface area contributed by atoms with E-state index in [9.17, 15) is 0 Å². The normalized spacial score (nSPS) is 24.9. The number of rotatable bonds is 0. The minimum absolute atomic E-state index is 0. The third-order valence-corrected chi connectivity index (χ3v) is 4.55. The van der Waals surface area contributed by atoms with Crippen LogP contribution in [0.2, 0.25) is 3.67 Å². The van der Waals surface area contributed by atoms with Crippen molar-refractivity contribution in [3.05, 3.63) is 0 Å². The van der Waals surface area contributed by atoms with E-state index < -0.39 is 0 Å². The molecule has 0 aromatic heterocycles. The van der Waals surface area contributed by atoms with E-state index in [1.54, 1.807) is 12.8 Å². The molecular formula is C10H21In. The van der Waals surface area contributed by atoms with Crippen LogP contribution in [-0.4, -0.2) is 24.4 Å². The van der Waals surface area contributed by atoms with E-state index in [0.29, 0.717) is 0 Å². The molecule has 0 N–H and O–H groups in total. The second-order valence-electron chi connectivity index (χ2n) is 3.81. The van der Waals surface area contributed by atoms with Crippen molar-refractivity contribution in [2.24, 2.45) is 0 Å². The van der Waals surface area contributed by atoms with Gasteiger partial charge in [-0.25, -0.2) is 0 Å². The van der Waals surface area contributed by atoms with Gasteiger partial charge in [-0.05, 0) is 0 Å². The van der Waals surface area contributed by atoms with Crippen LogP contribution in [0.5, 0.6) is 0 Å². The van der Waals surface area contributed by atoms with Gasteiger partial charge in [0.25, 0.3) is 0 Å². The first-order chi connectivity index (χ1) is 5.39. The molecule has 1 saturated carbocycles. The molecule has 0 saturated heterocycles. The molecule has 0 nitrogen and oxygen atoms in total.